The molecule has 0 aliphatic carbocycles. The molecule has 136 valence electrons. The van der Waals surface area contributed by atoms with E-state index >= 15 is 0 Å². The van der Waals surface area contributed by atoms with Crippen LogP contribution < -0.4 is 5.32 Å². The average molecular weight is 352 g/mol. The fourth-order valence-corrected chi connectivity index (χ4v) is 1.91. The zero-order valence-electron chi connectivity index (χ0n) is 14.2. The Morgan fingerprint density at radius 3 is 2.68 bits per heavy atom. The molecule has 0 unspecified atom stereocenters. The first-order valence-corrected chi connectivity index (χ1v) is 7.52. The van der Waals surface area contributed by atoms with Gasteiger partial charge in [-0.3, -0.25) is 9.59 Å². The van der Waals surface area contributed by atoms with E-state index in [2.05, 4.69) is 15.1 Å². The number of ketones is 1. The Labute approximate surface area is 144 Å². The highest BCUT2D eigenvalue weighted by atomic mass is 16.5. The minimum absolute atomic E-state index is 0.0273. The molecule has 0 radical (unpaired) electrons. The molecular weight excluding hydrogens is 332 g/mol. The van der Waals surface area contributed by atoms with Crippen molar-refractivity contribution in [1.82, 2.24) is 10.3 Å². The molecule has 0 aromatic carbocycles. The summed E-state index contributed by atoms with van der Waals surface area (Å²) < 4.78 is 15.2. The van der Waals surface area contributed by atoms with Crippen LogP contribution in [-0.4, -0.2) is 52.9 Å². The number of ether oxygens (including phenoxy) is 2. The van der Waals surface area contributed by atoms with Gasteiger partial charge >= 0.3 is 12.2 Å². The summed E-state index contributed by atoms with van der Waals surface area (Å²) >= 11 is 0. The number of hydrogen-bond donors (Lipinski definition) is 1. The zero-order valence-corrected chi connectivity index (χ0v) is 14.2. The number of rotatable bonds is 10. The molecule has 0 spiro atoms. The van der Waals surface area contributed by atoms with Gasteiger partial charge in [-0.15, -0.1) is 0 Å². The molecular formula is C15H20N4O6. The molecule has 0 bridgehead atoms. The van der Waals surface area contributed by atoms with Gasteiger partial charge in [0, 0.05) is 13.5 Å². The number of carbonyl (C=O) groups is 3. The third kappa shape index (κ3) is 6.66. The normalized spacial score (nSPS) is 12.8. The molecule has 0 saturated carbocycles. The minimum atomic E-state index is -1.15. The summed E-state index contributed by atoms with van der Waals surface area (Å²) in [7, 11) is 1.29. The van der Waals surface area contributed by atoms with Gasteiger partial charge in [0.15, 0.2) is 0 Å². The number of methoxy groups -OCH3 is 1. The molecule has 0 aliphatic rings. The molecule has 0 aliphatic heterocycles. The van der Waals surface area contributed by atoms with E-state index < -0.39 is 35.9 Å². The van der Waals surface area contributed by atoms with Crippen molar-refractivity contribution < 1.29 is 33.1 Å². The minimum Gasteiger partial charge on any atom is -0.461 e. The summed E-state index contributed by atoms with van der Waals surface area (Å²) in [4.78, 5) is 42.4. The lowest BCUT2D eigenvalue weighted by molar-refractivity contribution is -0.153. The van der Waals surface area contributed by atoms with Crippen molar-refractivity contribution in [3.05, 3.63) is 23.9 Å². The molecule has 10 heteroatoms. The number of nitrogens with zero attached hydrogens (tertiary/aromatic N) is 3. The van der Waals surface area contributed by atoms with E-state index in [1.807, 2.05) is 0 Å². The number of aromatic nitrogens is 1. The number of Topliss-reactive ketones (excluding diaryl/α,β-unsaturated/α-hetero) is 1. The van der Waals surface area contributed by atoms with Crippen LogP contribution in [0.1, 0.15) is 38.7 Å². The number of nitrogens with one attached hydrogen (secondary N) is 1. The van der Waals surface area contributed by atoms with Crippen LogP contribution in [0.3, 0.4) is 0 Å². The summed E-state index contributed by atoms with van der Waals surface area (Å²) in [5.74, 6) is -1.84. The molecule has 25 heavy (non-hydrogen) atoms. The molecule has 0 fully saturated rings. The van der Waals surface area contributed by atoms with Crippen molar-refractivity contribution >= 4 is 23.9 Å². The third-order valence-corrected chi connectivity index (χ3v) is 2.98. The summed E-state index contributed by atoms with van der Waals surface area (Å²) in [5, 5.41) is 2.46. The molecule has 1 heterocycles. The standard InChI is InChI=1S/C15H20N4O6/c1-9(2)25-15(22)11(5-4-10(20)8-18-16)19-13(21)12(23-3)14-17-6-7-24-14/h6-9,11-12H,4-5H2,1-3H3,(H,19,21)/t11-,12-/m0/s1. The molecule has 1 aromatic heterocycles. The third-order valence-electron chi connectivity index (χ3n) is 2.98. The Morgan fingerprint density at radius 1 is 1.44 bits per heavy atom. The van der Waals surface area contributed by atoms with Gasteiger partial charge < -0.3 is 24.7 Å². The Morgan fingerprint density at radius 2 is 2.16 bits per heavy atom. The monoisotopic (exact) mass is 352 g/mol. The molecule has 0 saturated heterocycles. The van der Waals surface area contributed by atoms with Crippen LogP contribution in [0.2, 0.25) is 0 Å². The maximum absolute atomic E-state index is 12.3. The van der Waals surface area contributed by atoms with Crippen LogP contribution in [0.15, 0.2) is 16.9 Å². The smallest absolute Gasteiger partial charge is 0.328 e. The Kier molecular flexibility index (Phi) is 8.17. The van der Waals surface area contributed by atoms with Gasteiger partial charge in [0.05, 0.1) is 12.3 Å². The van der Waals surface area contributed by atoms with Crippen LogP contribution in [0.25, 0.3) is 5.53 Å². The van der Waals surface area contributed by atoms with E-state index in [-0.39, 0.29) is 18.7 Å². The maximum Gasteiger partial charge on any atom is 0.328 e. The SMILES string of the molecule is CO[C@@H](C(=O)N[C@@H](CCC(=O)C=[N+]=[N-])C(=O)OC(C)C)c1ncco1. The molecule has 1 N–H and O–H groups in total. The lowest BCUT2D eigenvalue weighted by atomic mass is 10.1. The van der Waals surface area contributed by atoms with Crippen LogP contribution in [-0.2, 0) is 23.9 Å². The van der Waals surface area contributed by atoms with Crippen molar-refractivity contribution in [2.45, 2.75) is 44.9 Å². The first-order valence-electron chi connectivity index (χ1n) is 7.52. The largest absolute Gasteiger partial charge is 0.461 e. The zero-order chi connectivity index (χ0) is 18.8. The number of carbonyl (C=O) groups excluding carboxylic acids is 3. The van der Waals surface area contributed by atoms with Gasteiger partial charge in [0.2, 0.25) is 17.8 Å². The van der Waals surface area contributed by atoms with Crippen molar-refractivity contribution in [3.8, 4) is 0 Å². The lowest BCUT2D eigenvalue weighted by Gasteiger charge is -2.20. The van der Waals surface area contributed by atoms with Crippen LogP contribution in [0.4, 0.5) is 0 Å². The Bertz CT molecular complexity index is 636. The summed E-state index contributed by atoms with van der Waals surface area (Å²) in [6, 6.07) is -1.08. The van der Waals surface area contributed by atoms with E-state index in [1.165, 1.54) is 19.6 Å². The molecule has 1 rings (SSSR count). The van der Waals surface area contributed by atoms with Crippen molar-refractivity contribution in [2.24, 2.45) is 0 Å². The fraction of sp³-hybridized carbons (Fsp3) is 0.533. The molecule has 2 atom stereocenters. The van der Waals surface area contributed by atoms with Crippen LogP contribution in [0, 0.1) is 0 Å². The van der Waals surface area contributed by atoms with E-state index in [0.29, 0.717) is 0 Å². The van der Waals surface area contributed by atoms with E-state index in [0.717, 1.165) is 6.21 Å². The van der Waals surface area contributed by atoms with Gasteiger partial charge in [0.1, 0.15) is 12.3 Å². The maximum atomic E-state index is 12.3. The number of amides is 1. The van der Waals surface area contributed by atoms with Crippen LogP contribution in [0.5, 0.6) is 0 Å². The number of hydrogen-bond acceptors (Lipinski definition) is 7. The first kappa shape index (κ1) is 20.2. The van der Waals surface area contributed by atoms with Crippen molar-refractivity contribution in [1.29, 1.82) is 0 Å². The first-order chi connectivity index (χ1) is 11.9. The fourth-order valence-electron chi connectivity index (χ4n) is 1.91. The Balaban J connectivity index is 2.83. The topological polar surface area (TPSA) is 144 Å². The van der Waals surface area contributed by atoms with Crippen molar-refractivity contribution in [2.75, 3.05) is 7.11 Å². The second kappa shape index (κ2) is 10.1. The van der Waals surface area contributed by atoms with Crippen molar-refractivity contribution in [3.63, 3.8) is 0 Å². The molecule has 10 nitrogen and oxygen atoms in total. The predicted molar refractivity (Wildman–Crippen MR) is 83.3 cm³/mol. The van der Waals surface area contributed by atoms with Gasteiger partial charge in [-0.05, 0) is 20.3 Å². The quantitative estimate of drug-likeness (QED) is 0.278. The Hall–Kier alpha value is -2.84. The van der Waals surface area contributed by atoms with E-state index in [1.54, 1.807) is 13.8 Å². The van der Waals surface area contributed by atoms with E-state index in [4.69, 9.17) is 19.4 Å². The highest BCUT2D eigenvalue weighted by Crippen LogP contribution is 2.15. The molecule has 1 amide bonds. The number of esters is 1. The van der Waals surface area contributed by atoms with E-state index in [9.17, 15) is 14.4 Å². The summed E-state index contributed by atoms with van der Waals surface area (Å²) in [6.45, 7) is 3.32. The van der Waals surface area contributed by atoms with Gasteiger partial charge in [-0.25, -0.2) is 9.78 Å². The summed E-state index contributed by atoms with van der Waals surface area (Å²) in [5.41, 5.74) is 8.34. The van der Waals surface area contributed by atoms with Gasteiger partial charge in [0.25, 0.3) is 5.91 Å². The highest BCUT2D eigenvalue weighted by molar-refractivity contribution is 6.25. The van der Waals surface area contributed by atoms with Crippen LogP contribution >= 0.6 is 0 Å². The average Bonchev–Trinajstić information content (AvgIpc) is 3.05. The second-order valence-corrected chi connectivity index (χ2v) is 5.28. The molecule has 1 aromatic rings. The second-order valence-electron chi connectivity index (χ2n) is 5.28. The van der Waals surface area contributed by atoms with Gasteiger partial charge in [-0.2, -0.15) is 4.79 Å². The van der Waals surface area contributed by atoms with Gasteiger partial charge in [-0.1, -0.05) is 0 Å². The lowest BCUT2D eigenvalue weighted by Crippen LogP contribution is -2.45. The number of oxazole rings is 1. The summed E-state index contributed by atoms with van der Waals surface area (Å²) in [6.07, 6.45) is 1.64. The highest BCUT2D eigenvalue weighted by Gasteiger charge is 2.30. The predicted octanol–water partition coefficient (Wildman–Crippen LogP) is 0.448.